The van der Waals surface area contributed by atoms with Gasteiger partial charge >= 0.3 is 0 Å². The SMILES string of the molecule is CCS(=O)(=O)CCN1CCC(Nc2cc(C(=O)NCC(O)CN3CCc4ccccc4C3)ncn2)CC1. The molecule has 1 fully saturated rings. The first-order valence-corrected chi connectivity index (χ1v) is 14.9. The van der Waals surface area contributed by atoms with Crippen LogP contribution in [0.3, 0.4) is 0 Å². The van der Waals surface area contributed by atoms with Crippen molar-refractivity contribution in [1.29, 1.82) is 0 Å². The fraction of sp³-hybridized carbons (Fsp3) is 0.577. The van der Waals surface area contributed by atoms with Crippen LogP contribution >= 0.6 is 0 Å². The molecule has 1 aromatic heterocycles. The van der Waals surface area contributed by atoms with Crippen LogP contribution in [0.15, 0.2) is 36.7 Å². The molecule has 1 saturated heterocycles. The van der Waals surface area contributed by atoms with Crippen LogP contribution in [0, 0.1) is 0 Å². The van der Waals surface area contributed by atoms with Crippen LogP contribution in [0.5, 0.6) is 0 Å². The molecule has 3 heterocycles. The van der Waals surface area contributed by atoms with E-state index in [9.17, 15) is 18.3 Å². The molecule has 0 aliphatic carbocycles. The predicted molar refractivity (Wildman–Crippen MR) is 143 cm³/mol. The molecular weight excluding hydrogens is 492 g/mol. The molecule has 1 aromatic carbocycles. The van der Waals surface area contributed by atoms with E-state index in [4.69, 9.17) is 0 Å². The van der Waals surface area contributed by atoms with Gasteiger partial charge in [0.25, 0.3) is 5.91 Å². The van der Waals surface area contributed by atoms with Crippen molar-refractivity contribution in [3.63, 3.8) is 0 Å². The molecule has 11 heteroatoms. The fourth-order valence-corrected chi connectivity index (χ4v) is 5.68. The van der Waals surface area contributed by atoms with E-state index < -0.39 is 15.9 Å². The van der Waals surface area contributed by atoms with Gasteiger partial charge in [0.1, 0.15) is 17.8 Å². The second kappa shape index (κ2) is 12.8. The molecule has 0 saturated carbocycles. The van der Waals surface area contributed by atoms with Gasteiger partial charge in [-0.1, -0.05) is 31.2 Å². The maximum Gasteiger partial charge on any atom is 0.270 e. The zero-order valence-electron chi connectivity index (χ0n) is 21.5. The van der Waals surface area contributed by atoms with E-state index >= 15 is 0 Å². The van der Waals surface area contributed by atoms with Gasteiger partial charge in [0.15, 0.2) is 9.84 Å². The number of aromatic nitrogens is 2. The molecule has 37 heavy (non-hydrogen) atoms. The van der Waals surface area contributed by atoms with Crippen molar-refractivity contribution in [3.8, 4) is 0 Å². The predicted octanol–water partition coefficient (Wildman–Crippen LogP) is 0.937. The van der Waals surface area contributed by atoms with E-state index in [0.717, 1.165) is 45.4 Å². The van der Waals surface area contributed by atoms with Crippen LogP contribution in [0.1, 0.15) is 41.4 Å². The maximum atomic E-state index is 12.7. The number of fused-ring (bicyclic) bond motifs is 1. The number of nitrogens with one attached hydrogen (secondary N) is 2. The summed E-state index contributed by atoms with van der Waals surface area (Å²) in [7, 11) is -2.95. The van der Waals surface area contributed by atoms with Gasteiger partial charge in [-0.15, -0.1) is 0 Å². The summed E-state index contributed by atoms with van der Waals surface area (Å²) < 4.78 is 23.5. The molecule has 4 rings (SSSR count). The standard InChI is InChI=1S/C26H38N6O4S/c1-2-37(35,36)14-13-31-11-8-22(9-12-31)30-25-15-24(28-19-29-25)26(34)27-16-23(33)18-32-10-7-20-5-3-4-6-21(20)17-32/h3-6,15,19,22-23,33H,2,7-14,16-18H2,1H3,(H,27,34)(H,28,29,30). The minimum Gasteiger partial charge on any atom is -0.390 e. The van der Waals surface area contributed by atoms with Gasteiger partial charge in [-0.25, -0.2) is 18.4 Å². The van der Waals surface area contributed by atoms with E-state index in [-0.39, 0.29) is 35.7 Å². The molecule has 2 aliphatic rings. The minimum absolute atomic E-state index is 0.149. The second-order valence-corrected chi connectivity index (χ2v) is 12.4. The number of piperidine rings is 1. The number of carbonyl (C=O) groups excluding carboxylic acids is 1. The van der Waals surface area contributed by atoms with E-state index in [0.29, 0.717) is 18.9 Å². The number of rotatable bonds is 11. The van der Waals surface area contributed by atoms with Crippen molar-refractivity contribution < 1.29 is 18.3 Å². The minimum atomic E-state index is -2.95. The third kappa shape index (κ3) is 8.19. The third-order valence-corrected chi connectivity index (χ3v) is 8.86. The summed E-state index contributed by atoms with van der Waals surface area (Å²) in [4.78, 5) is 25.4. The van der Waals surface area contributed by atoms with Crippen molar-refractivity contribution in [3.05, 3.63) is 53.5 Å². The number of anilines is 1. The van der Waals surface area contributed by atoms with Crippen LogP contribution in [0.2, 0.25) is 0 Å². The van der Waals surface area contributed by atoms with Gasteiger partial charge in [0.05, 0.1) is 11.9 Å². The average Bonchev–Trinajstić information content (AvgIpc) is 2.91. The monoisotopic (exact) mass is 530 g/mol. The van der Waals surface area contributed by atoms with Crippen molar-refractivity contribution >= 4 is 21.6 Å². The number of β-amino-alcohol motifs (C(OH)–C–C–N with tert-alkyl or cyclic N) is 1. The lowest BCUT2D eigenvalue weighted by Crippen LogP contribution is -2.42. The van der Waals surface area contributed by atoms with Crippen molar-refractivity contribution in [2.45, 2.75) is 44.9 Å². The third-order valence-electron chi connectivity index (χ3n) is 7.17. The Labute approximate surface area is 219 Å². The molecule has 0 radical (unpaired) electrons. The molecule has 1 amide bonds. The Bertz CT molecular complexity index is 1150. The van der Waals surface area contributed by atoms with Crippen molar-refractivity contribution in [2.24, 2.45) is 0 Å². The largest absolute Gasteiger partial charge is 0.390 e. The number of nitrogens with zero attached hydrogens (tertiary/aromatic N) is 4. The summed E-state index contributed by atoms with van der Waals surface area (Å²) in [6, 6.07) is 10.2. The summed E-state index contributed by atoms with van der Waals surface area (Å²) in [5, 5.41) is 16.7. The average molecular weight is 531 g/mol. The summed E-state index contributed by atoms with van der Waals surface area (Å²) in [5.74, 6) is 0.619. The van der Waals surface area contributed by atoms with Gasteiger partial charge in [0.2, 0.25) is 0 Å². The molecular formula is C26H38N6O4S. The van der Waals surface area contributed by atoms with E-state index in [1.165, 1.54) is 17.5 Å². The summed E-state index contributed by atoms with van der Waals surface area (Å²) in [6.07, 6.45) is 3.39. The number of aliphatic hydroxyl groups is 1. The van der Waals surface area contributed by atoms with Gasteiger partial charge < -0.3 is 20.6 Å². The Balaban J connectivity index is 1.19. The van der Waals surface area contributed by atoms with Gasteiger partial charge in [-0.05, 0) is 30.4 Å². The quantitative estimate of drug-likeness (QED) is 0.389. The lowest BCUT2D eigenvalue weighted by Gasteiger charge is -2.32. The normalized spacial score (nSPS) is 18.2. The van der Waals surface area contributed by atoms with Crippen molar-refractivity contribution in [2.75, 3.05) is 56.1 Å². The smallest absolute Gasteiger partial charge is 0.270 e. The van der Waals surface area contributed by atoms with Gasteiger partial charge in [0, 0.05) is 63.7 Å². The Hall–Kier alpha value is -2.60. The van der Waals surface area contributed by atoms with E-state index in [1.807, 2.05) is 6.07 Å². The van der Waals surface area contributed by atoms with Crippen LogP contribution in [0.25, 0.3) is 0 Å². The van der Waals surface area contributed by atoms with Crippen LogP contribution in [-0.2, 0) is 22.8 Å². The molecule has 3 N–H and O–H groups in total. The zero-order valence-corrected chi connectivity index (χ0v) is 22.3. The molecule has 10 nitrogen and oxygen atoms in total. The van der Waals surface area contributed by atoms with Crippen molar-refractivity contribution in [1.82, 2.24) is 25.1 Å². The number of sulfone groups is 1. The Morgan fingerprint density at radius 1 is 1.14 bits per heavy atom. The number of likely N-dealkylation sites (tertiary alicyclic amines) is 1. The van der Waals surface area contributed by atoms with Crippen LogP contribution in [0.4, 0.5) is 5.82 Å². The number of hydrogen-bond acceptors (Lipinski definition) is 9. The molecule has 0 spiro atoms. The lowest BCUT2D eigenvalue weighted by atomic mass is 10.00. The van der Waals surface area contributed by atoms with Crippen LogP contribution in [-0.4, -0.2) is 102 Å². The number of aliphatic hydroxyl groups excluding tert-OH is 1. The van der Waals surface area contributed by atoms with Gasteiger partial charge in [-0.3, -0.25) is 9.69 Å². The number of hydrogen-bond donors (Lipinski definition) is 3. The molecule has 2 aromatic rings. The molecule has 1 atom stereocenters. The molecule has 202 valence electrons. The van der Waals surface area contributed by atoms with Crippen LogP contribution < -0.4 is 10.6 Å². The van der Waals surface area contributed by atoms with E-state index in [1.54, 1.807) is 13.0 Å². The topological polar surface area (TPSA) is 128 Å². The molecule has 0 bridgehead atoms. The Morgan fingerprint density at radius 3 is 2.65 bits per heavy atom. The van der Waals surface area contributed by atoms with E-state index in [2.05, 4.69) is 48.6 Å². The summed E-state index contributed by atoms with van der Waals surface area (Å²) >= 11 is 0. The lowest BCUT2D eigenvalue weighted by molar-refractivity contribution is 0.0838. The summed E-state index contributed by atoms with van der Waals surface area (Å²) in [5.41, 5.74) is 2.91. The highest BCUT2D eigenvalue weighted by atomic mass is 32.2. The molecule has 1 unspecified atom stereocenters. The number of amides is 1. The summed E-state index contributed by atoms with van der Waals surface area (Å²) in [6.45, 7) is 6.21. The second-order valence-electron chi connectivity index (χ2n) is 9.90. The highest BCUT2D eigenvalue weighted by Crippen LogP contribution is 2.19. The Morgan fingerprint density at radius 2 is 1.89 bits per heavy atom. The van der Waals surface area contributed by atoms with Gasteiger partial charge in [-0.2, -0.15) is 0 Å². The highest BCUT2D eigenvalue weighted by Gasteiger charge is 2.22. The maximum absolute atomic E-state index is 12.7. The zero-order chi connectivity index (χ0) is 26.3. The first-order valence-electron chi connectivity index (χ1n) is 13.1. The Kier molecular flexibility index (Phi) is 9.47. The molecule has 2 aliphatic heterocycles. The first kappa shape index (κ1) is 27.4. The fourth-order valence-electron chi connectivity index (χ4n) is 4.86. The highest BCUT2D eigenvalue weighted by molar-refractivity contribution is 7.91. The number of benzene rings is 1. The number of carbonyl (C=O) groups is 1. The first-order chi connectivity index (χ1) is 17.8.